The fraction of sp³-hybridized carbons (Fsp3) is 0.682. The van der Waals surface area contributed by atoms with Crippen LogP contribution in [0.5, 0.6) is 0 Å². The van der Waals surface area contributed by atoms with Crippen molar-refractivity contribution < 1.29 is 0 Å². The zero-order valence-electron chi connectivity index (χ0n) is 17.6. The summed E-state index contributed by atoms with van der Waals surface area (Å²) in [7, 11) is 0. The molecule has 2 aromatic rings. The van der Waals surface area contributed by atoms with E-state index in [1.54, 1.807) is 0 Å². The van der Waals surface area contributed by atoms with Crippen LogP contribution in [0, 0.1) is 11.8 Å². The Hall–Kier alpha value is -1.75. The molecule has 1 aliphatic rings. The number of piperidine rings is 1. The molecule has 27 heavy (non-hydrogen) atoms. The first kappa shape index (κ1) is 20.0. The van der Waals surface area contributed by atoms with E-state index in [2.05, 4.69) is 90.1 Å². The minimum atomic E-state index is -0.0579. The number of tetrazole rings is 1. The van der Waals surface area contributed by atoms with Crippen molar-refractivity contribution in [1.82, 2.24) is 25.1 Å². The molecule has 1 atom stereocenters. The quantitative estimate of drug-likeness (QED) is 0.722. The molecule has 5 nitrogen and oxygen atoms in total. The van der Waals surface area contributed by atoms with E-state index in [4.69, 9.17) is 0 Å². The molecule has 3 rings (SSSR count). The van der Waals surface area contributed by atoms with E-state index in [0.717, 1.165) is 31.3 Å². The maximum atomic E-state index is 4.47. The van der Waals surface area contributed by atoms with E-state index in [9.17, 15) is 0 Å². The van der Waals surface area contributed by atoms with E-state index in [0.29, 0.717) is 5.92 Å². The third-order valence-electron chi connectivity index (χ3n) is 6.24. The van der Waals surface area contributed by atoms with Crippen LogP contribution in [0.25, 0.3) is 0 Å². The zero-order chi connectivity index (χ0) is 19.4. The van der Waals surface area contributed by atoms with Gasteiger partial charge in [-0.25, -0.2) is 4.68 Å². The van der Waals surface area contributed by atoms with Gasteiger partial charge in [-0.15, -0.1) is 5.10 Å². The summed E-state index contributed by atoms with van der Waals surface area (Å²) in [6, 6.07) is 11.2. The van der Waals surface area contributed by atoms with Gasteiger partial charge in [-0.3, -0.25) is 4.90 Å². The second-order valence-corrected chi connectivity index (χ2v) is 8.97. The van der Waals surface area contributed by atoms with Gasteiger partial charge in [0.25, 0.3) is 0 Å². The molecule has 0 amide bonds. The predicted octanol–water partition coefficient (Wildman–Crippen LogP) is 4.47. The van der Waals surface area contributed by atoms with E-state index in [-0.39, 0.29) is 11.6 Å². The molecule has 0 saturated carbocycles. The monoisotopic (exact) mass is 369 g/mol. The summed E-state index contributed by atoms with van der Waals surface area (Å²) in [4.78, 5) is 2.61. The highest BCUT2D eigenvalue weighted by Gasteiger charge is 2.34. The maximum Gasteiger partial charge on any atom is 0.169 e. The molecule has 5 heteroatoms. The normalized spacial score (nSPS) is 18.1. The SMILES string of the molecule is CCC(C)(C)n1nnnc1[C@H](C(C)C)N1CCC(Cc2ccccc2)CC1. The van der Waals surface area contributed by atoms with Crippen molar-refractivity contribution in [1.29, 1.82) is 0 Å². The molecule has 1 saturated heterocycles. The number of hydrogen-bond acceptors (Lipinski definition) is 4. The molecule has 1 aliphatic heterocycles. The van der Waals surface area contributed by atoms with E-state index < -0.39 is 0 Å². The molecule has 0 unspecified atom stereocenters. The molecule has 1 aromatic heterocycles. The summed E-state index contributed by atoms with van der Waals surface area (Å²) in [5.41, 5.74) is 1.41. The van der Waals surface area contributed by atoms with Crippen LogP contribution in [0.4, 0.5) is 0 Å². The Kier molecular flexibility index (Phi) is 6.30. The second-order valence-electron chi connectivity index (χ2n) is 8.97. The number of hydrogen-bond donors (Lipinski definition) is 0. The molecule has 1 aromatic carbocycles. The molecular weight excluding hydrogens is 334 g/mol. The van der Waals surface area contributed by atoms with Crippen molar-refractivity contribution in [3.8, 4) is 0 Å². The van der Waals surface area contributed by atoms with Crippen molar-refractivity contribution in [2.45, 2.75) is 71.9 Å². The number of nitrogens with zero attached hydrogens (tertiary/aromatic N) is 5. The summed E-state index contributed by atoms with van der Waals surface area (Å²) in [5, 5.41) is 12.9. The standard InChI is InChI=1S/C22H35N5/c1-6-22(4,5)27-21(23-24-25-27)20(17(2)3)26-14-12-19(13-15-26)16-18-10-8-7-9-11-18/h7-11,17,19-20H,6,12-16H2,1-5H3/t20-/m0/s1. The predicted molar refractivity (Wildman–Crippen MR) is 109 cm³/mol. The van der Waals surface area contributed by atoms with Gasteiger partial charge in [0.2, 0.25) is 0 Å². The first-order valence-corrected chi connectivity index (χ1v) is 10.5. The highest BCUT2D eigenvalue weighted by atomic mass is 15.6. The van der Waals surface area contributed by atoms with Gasteiger partial charge < -0.3 is 0 Å². The van der Waals surface area contributed by atoms with Gasteiger partial charge in [0.1, 0.15) is 0 Å². The van der Waals surface area contributed by atoms with Crippen LogP contribution in [-0.4, -0.2) is 38.2 Å². The Bertz CT molecular complexity index is 699. The molecular formula is C22H35N5. The number of benzene rings is 1. The Morgan fingerprint density at radius 1 is 1.11 bits per heavy atom. The molecule has 148 valence electrons. The van der Waals surface area contributed by atoms with Crippen molar-refractivity contribution in [2.75, 3.05) is 13.1 Å². The van der Waals surface area contributed by atoms with Crippen LogP contribution in [0.1, 0.15) is 71.3 Å². The van der Waals surface area contributed by atoms with Crippen LogP contribution in [0.3, 0.4) is 0 Å². The lowest BCUT2D eigenvalue weighted by Gasteiger charge is -2.39. The molecule has 1 fully saturated rings. The van der Waals surface area contributed by atoms with Gasteiger partial charge in [0, 0.05) is 0 Å². The summed E-state index contributed by atoms with van der Waals surface area (Å²) in [6.07, 6.45) is 4.70. The lowest BCUT2D eigenvalue weighted by atomic mass is 9.88. The third-order valence-corrected chi connectivity index (χ3v) is 6.24. The minimum absolute atomic E-state index is 0.0579. The summed E-state index contributed by atoms with van der Waals surface area (Å²) in [5.74, 6) is 2.28. The van der Waals surface area contributed by atoms with Crippen molar-refractivity contribution in [3.05, 3.63) is 41.7 Å². The van der Waals surface area contributed by atoms with Gasteiger partial charge in [-0.2, -0.15) is 0 Å². The average Bonchev–Trinajstić information content (AvgIpc) is 3.14. The lowest BCUT2D eigenvalue weighted by Crippen LogP contribution is -2.42. The van der Waals surface area contributed by atoms with Crippen LogP contribution >= 0.6 is 0 Å². The van der Waals surface area contributed by atoms with Crippen LogP contribution in [0.15, 0.2) is 30.3 Å². The van der Waals surface area contributed by atoms with Crippen LogP contribution in [0.2, 0.25) is 0 Å². The molecule has 0 N–H and O–H groups in total. The Morgan fingerprint density at radius 3 is 2.37 bits per heavy atom. The van der Waals surface area contributed by atoms with Gasteiger partial charge in [-0.1, -0.05) is 51.1 Å². The third kappa shape index (κ3) is 4.57. The maximum absolute atomic E-state index is 4.47. The van der Waals surface area contributed by atoms with Crippen molar-refractivity contribution in [3.63, 3.8) is 0 Å². The zero-order valence-corrected chi connectivity index (χ0v) is 17.6. The Morgan fingerprint density at radius 2 is 1.78 bits per heavy atom. The van der Waals surface area contributed by atoms with Crippen molar-refractivity contribution in [2.24, 2.45) is 11.8 Å². The smallest absolute Gasteiger partial charge is 0.169 e. The molecule has 0 bridgehead atoms. The number of likely N-dealkylation sites (tertiary alicyclic amines) is 1. The van der Waals surface area contributed by atoms with Gasteiger partial charge >= 0.3 is 0 Å². The molecule has 0 aliphatic carbocycles. The van der Waals surface area contributed by atoms with Crippen molar-refractivity contribution >= 4 is 0 Å². The van der Waals surface area contributed by atoms with Gasteiger partial charge in [-0.05, 0) is 80.4 Å². The fourth-order valence-corrected chi connectivity index (χ4v) is 4.23. The first-order chi connectivity index (χ1) is 12.9. The molecule has 2 heterocycles. The largest absolute Gasteiger partial charge is 0.293 e. The average molecular weight is 370 g/mol. The highest BCUT2D eigenvalue weighted by Crippen LogP contribution is 2.34. The van der Waals surface area contributed by atoms with Crippen LogP contribution < -0.4 is 0 Å². The van der Waals surface area contributed by atoms with Crippen LogP contribution in [-0.2, 0) is 12.0 Å². The molecule has 0 spiro atoms. The first-order valence-electron chi connectivity index (χ1n) is 10.5. The molecule has 0 radical (unpaired) electrons. The van der Waals surface area contributed by atoms with Gasteiger partial charge in [0.15, 0.2) is 5.82 Å². The number of aromatic nitrogens is 4. The second kappa shape index (κ2) is 8.51. The topological polar surface area (TPSA) is 46.8 Å². The van der Waals surface area contributed by atoms with E-state index in [1.807, 2.05) is 0 Å². The Balaban J connectivity index is 1.70. The van der Waals surface area contributed by atoms with E-state index in [1.165, 1.54) is 24.8 Å². The summed E-state index contributed by atoms with van der Waals surface area (Å²) in [6.45, 7) is 13.5. The highest BCUT2D eigenvalue weighted by molar-refractivity contribution is 5.15. The van der Waals surface area contributed by atoms with E-state index >= 15 is 0 Å². The minimum Gasteiger partial charge on any atom is -0.293 e. The number of rotatable bonds is 7. The summed E-state index contributed by atoms with van der Waals surface area (Å²) >= 11 is 0. The Labute approximate surface area is 164 Å². The van der Waals surface area contributed by atoms with Gasteiger partial charge in [0.05, 0.1) is 11.6 Å². The lowest BCUT2D eigenvalue weighted by molar-refractivity contribution is 0.0902. The summed E-state index contributed by atoms with van der Waals surface area (Å²) < 4.78 is 2.06. The fourth-order valence-electron chi connectivity index (χ4n) is 4.23.